The van der Waals surface area contributed by atoms with Gasteiger partial charge < -0.3 is 14.1 Å². The number of piperazine rings is 1. The van der Waals surface area contributed by atoms with E-state index in [2.05, 4.69) is 9.88 Å². The molecule has 0 aromatic carbocycles. The van der Waals surface area contributed by atoms with Crippen LogP contribution in [0.25, 0.3) is 0 Å². The summed E-state index contributed by atoms with van der Waals surface area (Å²) in [6.07, 6.45) is 2.99. The highest BCUT2D eigenvalue weighted by molar-refractivity contribution is 5.68. The van der Waals surface area contributed by atoms with E-state index in [1.165, 1.54) is 0 Å². The van der Waals surface area contributed by atoms with Gasteiger partial charge in [0.15, 0.2) is 0 Å². The number of aromatic nitrogens is 1. The van der Waals surface area contributed by atoms with Gasteiger partial charge in [-0.1, -0.05) is 0 Å². The van der Waals surface area contributed by atoms with Gasteiger partial charge in [0, 0.05) is 26.2 Å². The Morgan fingerprint density at radius 2 is 2.05 bits per heavy atom. The molecule has 1 aromatic heterocycles. The quantitative estimate of drug-likeness (QED) is 0.816. The Morgan fingerprint density at radius 1 is 1.37 bits per heavy atom. The monoisotopic (exact) mass is 267 g/mol. The highest BCUT2D eigenvalue weighted by Gasteiger charge is 2.26. The summed E-state index contributed by atoms with van der Waals surface area (Å²) in [7, 11) is 0. The molecule has 0 N–H and O–H groups in total. The predicted molar refractivity (Wildman–Crippen MR) is 69.6 cm³/mol. The van der Waals surface area contributed by atoms with Gasteiger partial charge in [-0.05, 0) is 20.8 Å². The normalized spacial score (nSPS) is 17.5. The minimum atomic E-state index is -0.438. The molecule has 6 heteroatoms. The van der Waals surface area contributed by atoms with Crippen molar-refractivity contribution in [2.45, 2.75) is 32.9 Å². The number of hydrogen-bond donors (Lipinski definition) is 0. The summed E-state index contributed by atoms with van der Waals surface area (Å²) in [6.45, 7) is 9.29. The highest BCUT2D eigenvalue weighted by Crippen LogP contribution is 2.12. The summed E-state index contributed by atoms with van der Waals surface area (Å²) >= 11 is 0. The van der Waals surface area contributed by atoms with Crippen LogP contribution in [0, 0.1) is 0 Å². The largest absolute Gasteiger partial charge is 0.448 e. The number of ether oxygens (including phenoxy) is 1. The zero-order valence-corrected chi connectivity index (χ0v) is 11.8. The van der Waals surface area contributed by atoms with Crippen molar-refractivity contribution in [1.82, 2.24) is 14.8 Å². The van der Waals surface area contributed by atoms with Crippen molar-refractivity contribution in [2.75, 3.05) is 26.2 Å². The Bertz CT molecular complexity index is 403. The fourth-order valence-corrected chi connectivity index (χ4v) is 1.94. The van der Waals surface area contributed by atoms with E-state index in [9.17, 15) is 4.79 Å². The molecule has 0 atom stereocenters. The van der Waals surface area contributed by atoms with Crippen molar-refractivity contribution >= 4 is 6.09 Å². The molecule has 1 aliphatic heterocycles. The molecule has 2 heterocycles. The van der Waals surface area contributed by atoms with Crippen LogP contribution < -0.4 is 0 Å². The van der Waals surface area contributed by atoms with Crippen molar-refractivity contribution in [3.63, 3.8) is 0 Å². The molecule has 2 rings (SSSR count). The van der Waals surface area contributed by atoms with Crippen LogP contribution in [-0.2, 0) is 11.3 Å². The molecule has 6 nitrogen and oxygen atoms in total. The summed E-state index contributed by atoms with van der Waals surface area (Å²) in [6, 6.07) is 0. The predicted octanol–water partition coefficient (Wildman–Crippen LogP) is 1.73. The van der Waals surface area contributed by atoms with Crippen LogP contribution in [0.3, 0.4) is 0 Å². The minimum Gasteiger partial charge on any atom is -0.448 e. The van der Waals surface area contributed by atoms with E-state index in [0.29, 0.717) is 25.5 Å². The number of oxazole rings is 1. The Morgan fingerprint density at radius 3 is 2.58 bits per heavy atom. The van der Waals surface area contributed by atoms with E-state index in [-0.39, 0.29) is 6.09 Å². The third-order valence-corrected chi connectivity index (χ3v) is 2.87. The van der Waals surface area contributed by atoms with Crippen LogP contribution in [0.4, 0.5) is 4.79 Å². The van der Waals surface area contributed by atoms with Gasteiger partial charge in [-0.3, -0.25) is 4.90 Å². The number of carbonyl (C=O) groups is 1. The maximum atomic E-state index is 11.9. The van der Waals surface area contributed by atoms with E-state index in [1.54, 1.807) is 17.4 Å². The van der Waals surface area contributed by atoms with Crippen molar-refractivity contribution in [2.24, 2.45) is 0 Å². The van der Waals surface area contributed by atoms with Crippen LogP contribution in [0.2, 0.25) is 0 Å². The van der Waals surface area contributed by atoms with E-state index >= 15 is 0 Å². The van der Waals surface area contributed by atoms with Crippen LogP contribution in [-0.4, -0.2) is 52.7 Å². The molecule has 19 heavy (non-hydrogen) atoms. The topological polar surface area (TPSA) is 58.8 Å². The SMILES string of the molecule is CC(C)(C)OC(=O)N1CCN(Cc2ncco2)CC1. The average molecular weight is 267 g/mol. The number of amides is 1. The van der Waals surface area contributed by atoms with Gasteiger partial charge in [0.2, 0.25) is 5.89 Å². The first-order chi connectivity index (χ1) is 8.94. The lowest BCUT2D eigenvalue weighted by Crippen LogP contribution is -2.49. The maximum Gasteiger partial charge on any atom is 0.410 e. The van der Waals surface area contributed by atoms with Gasteiger partial charge in [-0.15, -0.1) is 0 Å². The molecule has 0 spiro atoms. The molecule has 1 fully saturated rings. The van der Waals surface area contributed by atoms with E-state index in [0.717, 1.165) is 13.1 Å². The van der Waals surface area contributed by atoms with Gasteiger partial charge in [0.25, 0.3) is 0 Å². The number of nitrogens with zero attached hydrogens (tertiary/aromatic N) is 3. The molecular formula is C13H21N3O3. The van der Waals surface area contributed by atoms with Gasteiger partial charge in [-0.25, -0.2) is 9.78 Å². The van der Waals surface area contributed by atoms with Crippen molar-refractivity contribution in [3.05, 3.63) is 18.4 Å². The third-order valence-electron chi connectivity index (χ3n) is 2.87. The Labute approximate surface area is 113 Å². The molecule has 106 valence electrons. The van der Waals surface area contributed by atoms with Gasteiger partial charge in [-0.2, -0.15) is 0 Å². The van der Waals surface area contributed by atoms with Crippen LogP contribution in [0.15, 0.2) is 16.9 Å². The second-order valence-electron chi connectivity index (χ2n) is 5.67. The zero-order valence-electron chi connectivity index (χ0n) is 11.8. The molecule has 0 bridgehead atoms. The molecule has 1 amide bonds. The minimum absolute atomic E-state index is 0.233. The van der Waals surface area contributed by atoms with Crippen LogP contribution in [0.1, 0.15) is 26.7 Å². The average Bonchev–Trinajstić information content (AvgIpc) is 2.80. The smallest absolute Gasteiger partial charge is 0.410 e. The Kier molecular flexibility index (Phi) is 4.09. The molecular weight excluding hydrogens is 246 g/mol. The summed E-state index contributed by atoms with van der Waals surface area (Å²) in [4.78, 5) is 20.0. The van der Waals surface area contributed by atoms with Crippen LogP contribution >= 0.6 is 0 Å². The summed E-state index contributed by atoms with van der Waals surface area (Å²) in [5.41, 5.74) is -0.438. The summed E-state index contributed by atoms with van der Waals surface area (Å²) < 4.78 is 10.6. The zero-order chi connectivity index (χ0) is 13.9. The summed E-state index contributed by atoms with van der Waals surface area (Å²) in [5, 5.41) is 0. The molecule has 0 unspecified atom stereocenters. The van der Waals surface area contributed by atoms with Gasteiger partial charge >= 0.3 is 6.09 Å². The Hall–Kier alpha value is -1.56. The van der Waals surface area contributed by atoms with E-state index < -0.39 is 5.60 Å². The second-order valence-corrected chi connectivity index (χ2v) is 5.67. The molecule has 0 radical (unpaired) electrons. The first-order valence-electron chi connectivity index (χ1n) is 6.53. The Balaban J connectivity index is 1.77. The lowest BCUT2D eigenvalue weighted by Gasteiger charge is -2.35. The second kappa shape index (κ2) is 5.61. The van der Waals surface area contributed by atoms with Crippen molar-refractivity contribution < 1.29 is 13.9 Å². The van der Waals surface area contributed by atoms with Crippen molar-refractivity contribution in [3.8, 4) is 0 Å². The number of carbonyl (C=O) groups excluding carboxylic acids is 1. The lowest BCUT2D eigenvalue weighted by molar-refractivity contribution is 0.0133. The first-order valence-corrected chi connectivity index (χ1v) is 6.53. The third kappa shape index (κ3) is 4.24. The van der Waals surface area contributed by atoms with Crippen LogP contribution in [0.5, 0.6) is 0 Å². The molecule has 0 saturated carbocycles. The first kappa shape index (κ1) is 13.9. The van der Waals surface area contributed by atoms with Gasteiger partial charge in [0.05, 0.1) is 12.7 Å². The van der Waals surface area contributed by atoms with Gasteiger partial charge in [0.1, 0.15) is 11.9 Å². The molecule has 1 aromatic rings. The molecule has 1 saturated heterocycles. The standard InChI is InChI=1S/C13H21N3O3/c1-13(2,3)19-12(17)16-7-5-15(6-8-16)10-11-14-4-9-18-11/h4,9H,5-8,10H2,1-3H3. The number of hydrogen-bond acceptors (Lipinski definition) is 5. The molecule has 0 aliphatic carbocycles. The summed E-state index contributed by atoms with van der Waals surface area (Å²) in [5.74, 6) is 0.714. The fraction of sp³-hybridized carbons (Fsp3) is 0.692. The lowest BCUT2D eigenvalue weighted by atomic mass is 10.2. The maximum absolute atomic E-state index is 11.9. The van der Waals surface area contributed by atoms with E-state index in [4.69, 9.17) is 9.15 Å². The fourth-order valence-electron chi connectivity index (χ4n) is 1.94. The van der Waals surface area contributed by atoms with Crippen molar-refractivity contribution in [1.29, 1.82) is 0 Å². The molecule has 1 aliphatic rings. The highest BCUT2D eigenvalue weighted by atomic mass is 16.6. The number of rotatable bonds is 2. The van der Waals surface area contributed by atoms with E-state index in [1.807, 2.05) is 20.8 Å².